The molecule has 0 aliphatic heterocycles. The van der Waals surface area contributed by atoms with Crippen LogP contribution in [-0.2, 0) is 0 Å². The van der Waals surface area contributed by atoms with Crippen molar-refractivity contribution >= 4 is 27.7 Å². The van der Waals surface area contributed by atoms with Crippen LogP contribution in [0.15, 0.2) is 71.1 Å². The molecule has 0 atom stereocenters. The molecular weight excluding hydrogens is 307 g/mol. The van der Waals surface area contributed by atoms with Gasteiger partial charge in [-0.15, -0.1) is 0 Å². The van der Waals surface area contributed by atoms with E-state index in [-0.39, 0.29) is 12.2 Å². The molecule has 0 N–H and O–H groups in total. The van der Waals surface area contributed by atoms with E-state index in [4.69, 9.17) is 9.15 Å². The first-order chi connectivity index (χ1) is 11.7. The van der Waals surface area contributed by atoms with Crippen molar-refractivity contribution in [1.82, 2.24) is 0 Å². The summed E-state index contributed by atoms with van der Waals surface area (Å²) < 4.78 is 24.9. The number of ketones is 1. The van der Waals surface area contributed by atoms with Crippen molar-refractivity contribution < 1.29 is 18.3 Å². The maximum atomic E-state index is 13.6. The number of rotatable bonds is 4. The molecule has 3 nitrogen and oxygen atoms in total. The van der Waals surface area contributed by atoms with Gasteiger partial charge in [0.05, 0.1) is 5.56 Å². The van der Waals surface area contributed by atoms with Crippen LogP contribution in [-0.4, -0.2) is 12.4 Å². The summed E-state index contributed by atoms with van der Waals surface area (Å²) in [7, 11) is 0. The summed E-state index contributed by atoms with van der Waals surface area (Å²) in [6.45, 7) is -0.220. The van der Waals surface area contributed by atoms with Crippen LogP contribution in [0, 0.1) is 5.82 Å². The smallest absolute Gasteiger partial charge is 0.203 e. The van der Waals surface area contributed by atoms with Crippen LogP contribution in [0.3, 0.4) is 0 Å². The van der Waals surface area contributed by atoms with E-state index < -0.39 is 11.6 Å². The molecule has 0 bridgehead atoms. The summed E-state index contributed by atoms with van der Waals surface area (Å²) in [4.78, 5) is 12.1. The van der Waals surface area contributed by atoms with E-state index >= 15 is 0 Å². The third-order valence-electron chi connectivity index (χ3n) is 3.89. The molecule has 3 aromatic carbocycles. The van der Waals surface area contributed by atoms with E-state index in [9.17, 15) is 9.18 Å². The Kier molecular flexibility index (Phi) is 3.50. The van der Waals surface area contributed by atoms with Gasteiger partial charge >= 0.3 is 0 Å². The van der Waals surface area contributed by atoms with Crippen LogP contribution in [0.4, 0.5) is 4.39 Å². The highest BCUT2D eigenvalue weighted by atomic mass is 19.1. The molecule has 118 valence electrons. The van der Waals surface area contributed by atoms with Crippen molar-refractivity contribution in [3.8, 4) is 5.75 Å². The zero-order valence-electron chi connectivity index (χ0n) is 12.7. The number of benzene rings is 3. The third kappa shape index (κ3) is 2.52. The van der Waals surface area contributed by atoms with Gasteiger partial charge in [-0.25, -0.2) is 4.39 Å². The predicted octanol–water partition coefficient (Wildman–Crippen LogP) is 4.99. The van der Waals surface area contributed by atoms with Crippen LogP contribution in [0.25, 0.3) is 21.9 Å². The Morgan fingerprint density at radius 3 is 2.54 bits per heavy atom. The van der Waals surface area contributed by atoms with Gasteiger partial charge in [-0.1, -0.05) is 30.3 Å². The average Bonchev–Trinajstić information content (AvgIpc) is 2.98. The molecule has 0 fully saturated rings. The highest BCUT2D eigenvalue weighted by molar-refractivity contribution is 6.05. The number of carbonyl (C=O) groups is 1. The van der Waals surface area contributed by atoms with E-state index in [1.807, 2.05) is 30.3 Å². The van der Waals surface area contributed by atoms with Crippen molar-refractivity contribution in [3.63, 3.8) is 0 Å². The maximum absolute atomic E-state index is 13.6. The molecule has 0 aliphatic rings. The Balaban J connectivity index is 1.60. The minimum atomic E-state index is -0.539. The van der Waals surface area contributed by atoms with Crippen LogP contribution in [0.2, 0.25) is 0 Å². The first kappa shape index (κ1) is 14.5. The van der Waals surface area contributed by atoms with Gasteiger partial charge in [-0.05, 0) is 36.4 Å². The number of furan rings is 1. The van der Waals surface area contributed by atoms with Gasteiger partial charge in [0.15, 0.2) is 6.61 Å². The first-order valence-corrected chi connectivity index (χ1v) is 7.54. The van der Waals surface area contributed by atoms with E-state index in [1.165, 1.54) is 12.1 Å². The van der Waals surface area contributed by atoms with Crippen LogP contribution >= 0.6 is 0 Å². The zero-order chi connectivity index (χ0) is 16.5. The lowest BCUT2D eigenvalue weighted by molar-refractivity contribution is 0.0917. The molecular formula is C20H13FO3. The van der Waals surface area contributed by atoms with E-state index in [1.54, 1.807) is 24.3 Å². The number of halogens is 1. The van der Waals surface area contributed by atoms with Gasteiger partial charge in [0, 0.05) is 10.8 Å². The first-order valence-electron chi connectivity index (χ1n) is 7.54. The molecule has 0 spiro atoms. The highest BCUT2D eigenvalue weighted by Crippen LogP contribution is 2.31. The Morgan fingerprint density at radius 2 is 1.67 bits per heavy atom. The number of carbonyl (C=O) groups excluding carboxylic acids is 1. The molecule has 0 amide bonds. The minimum Gasteiger partial charge on any atom is -0.485 e. The molecule has 4 heteroatoms. The molecule has 24 heavy (non-hydrogen) atoms. The second-order valence-corrected chi connectivity index (χ2v) is 5.45. The molecule has 0 saturated heterocycles. The summed E-state index contributed by atoms with van der Waals surface area (Å²) in [5.41, 5.74) is 1.59. The van der Waals surface area contributed by atoms with E-state index in [0.29, 0.717) is 5.75 Å². The van der Waals surface area contributed by atoms with E-state index in [2.05, 4.69) is 0 Å². The standard InChI is InChI=1S/C20H13FO3/c21-17-7-3-1-6-15(17)18(22)12-23-13-9-10-20-16(11-13)14-5-2-4-8-19(14)24-20/h1-11H,12H2. The molecule has 1 heterocycles. The molecule has 0 aliphatic carbocycles. The van der Waals surface area contributed by atoms with Crippen LogP contribution in [0.1, 0.15) is 10.4 Å². The monoisotopic (exact) mass is 320 g/mol. The molecule has 4 aromatic rings. The normalized spacial score (nSPS) is 11.0. The Morgan fingerprint density at radius 1 is 0.917 bits per heavy atom. The average molecular weight is 320 g/mol. The number of para-hydroxylation sites is 1. The number of Topliss-reactive ketones (excluding diaryl/α,β-unsaturated/α-hetero) is 1. The largest absolute Gasteiger partial charge is 0.485 e. The Bertz CT molecular complexity index is 1050. The zero-order valence-corrected chi connectivity index (χ0v) is 12.7. The molecule has 0 radical (unpaired) electrons. The second kappa shape index (κ2) is 5.81. The Labute approximate surface area is 137 Å². The van der Waals surface area contributed by atoms with Crippen LogP contribution in [0.5, 0.6) is 5.75 Å². The number of hydrogen-bond acceptors (Lipinski definition) is 3. The fourth-order valence-electron chi connectivity index (χ4n) is 2.71. The summed E-state index contributed by atoms with van der Waals surface area (Å²) in [6.07, 6.45) is 0. The van der Waals surface area contributed by atoms with Crippen molar-refractivity contribution in [2.75, 3.05) is 6.61 Å². The quantitative estimate of drug-likeness (QED) is 0.497. The Hall–Kier alpha value is -3.14. The fourth-order valence-corrected chi connectivity index (χ4v) is 2.71. The summed E-state index contributed by atoms with van der Waals surface area (Å²) in [5.74, 6) is -0.397. The van der Waals surface area contributed by atoms with Crippen molar-refractivity contribution in [1.29, 1.82) is 0 Å². The van der Waals surface area contributed by atoms with Gasteiger partial charge in [0.2, 0.25) is 5.78 Å². The van der Waals surface area contributed by atoms with E-state index in [0.717, 1.165) is 21.9 Å². The SMILES string of the molecule is O=C(COc1ccc2oc3ccccc3c2c1)c1ccccc1F. The molecule has 1 aromatic heterocycles. The van der Waals surface area contributed by atoms with Gasteiger partial charge in [0.1, 0.15) is 22.7 Å². The fraction of sp³-hybridized carbons (Fsp3) is 0.0500. The molecule has 4 rings (SSSR count). The van der Waals surface area contributed by atoms with Crippen molar-refractivity contribution in [2.24, 2.45) is 0 Å². The highest BCUT2D eigenvalue weighted by Gasteiger charge is 2.12. The lowest BCUT2D eigenvalue weighted by atomic mass is 10.1. The van der Waals surface area contributed by atoms with Gasteiger partial charge in [-0.3, -0.25) is 4.79 Å². The van der Waals surface area contributed by atoms with Gasteiger partial charge in [-0.2, -0.15) is 0 Å². The number of ether oxygens (including phenoxy) is 1. The van der Waals surface area contributed by atoms with Crippen LogP contribution < -0.4 is 4.74 Å². The van der Waals surface area contributed by atoms with Gasteiger partial charge in [0.25, 0.3) is 0 Å². The minimum absolute atomic E-state index is 0.0346. The number of hydrogen-bond donors (Lipinski definition) is 0. The number of fused-ring (bicyclic) bond motifs is 3. The lowest BCUT2D eigenvalue weighted by Crippen LogP contribution is -2.13. The third-order valence-corrected chi connectivity index (χ3v) is 3.89. The molecule has 0 saturated carbocycles. The molecule has 0 unspecified atom stereocenters. The van der Waals surface area contributed by atoms with Gasteiger partial charge < -0.3 is 9.15 Å². The summed E-state index contributed by atoms with van der Waals surface area (Å²) in [5, 5.41) is 1.90. The topological polar surface area (TPSA) is 39.4 Å². The summed E-state index contributed by atoms with van der Waals surface area (Å²) in [6, 6.07) is 19.0. The van der Waals surface area contributed by atoms with Crippen molar-refractivity contribution in [2.45, 2.75) is 0 Å². The van der Waals surface area contributed by atoms with Crippen molar-refractivity contribution in [3.05, 3.63) is 78.1 Å². The summed E-state index contributed by atoms with van der Waals surface area (Å²) >= 11 is 0. The lowest BCUT2D eigenvalue weighted by Gasteiger charge is -2.06. The second-order valence-electron chi connectivity index (χ2n) is 5.45. The predicted molar refractivity (Wildman–Crippen MR) is 89.9 cm³/mol. The maximum Gasteiger partial charge on any atom is 0.203 e.